The van der Waals surface area contributed by atoms with Gasteiger partial charge in [-0.3, -0.25) is 9.69 Å². The summed E-state index contributed by atoms with van der Waals surface area (Å²) < 4.78 is 2.27. The lowest BCUT2D eigenvalue weighted by Gasteiger charge is -2.46. The molecule has 0 unspecified atom stereocenters. The lowest BCUT2D eigenvalue weighted by atomic mass is 9.79. The highest BCUT2D eigenvalue weighted by atomic mass is 16.2. The van der Waals surface area contributed by atoms with E-state index in [-0.39, 0.29) is 23.0 Å². The van der Waals surface area contributed by atoms with Crippen molar-refractivity contribution in [2.24, 2.45) is 0 Å². The predicted octanol–water partition coefficient (Wildman–Crippen LogP) is 7.73. The molecule has 5 nitrogen and oxygen atoms in total. The first-order chi connectivity index (χ1) is 21.0. The number of hydrogen-bond donors (Lipinski definition) is 2. The van der Waals surface area contributed by atoms with E-state index in [2.05, 4.69) is 134 Å². The molecule has 0 spiro atoms. The van der Waals surface area contributed by atoms with Crippen molar-refractivity contribution >= 4 is 16.8 Å². The zero-order chi connectivity index (χ0) is 31.1. The SMILES string of the molecule is Cc1cccc(C)c1C1CCN(Cc2c(-c3ccccc3)n(CC(=O)NC3CC(C)(C)NC(C)(C)C3)c3ccccc23)CC1. The molecular formula is C39H50N4O. The number of benzene rings is 3. The molecule has 232 valence electrons. The monoisotopic (exact) mass is 590 g/mol. The van der Waals surface area contributed by atoms with E-state index in [0.717, 1.165) is 38.0 Å². The van der Waals surface area contributed by atoms with E-state index < -0.39 is 0 Å². The van der Waals surface area contributed by atoms with Gasteiger partial charge < -0.3 is 15.2 Å². The van der Waals surface area contributed by atoms with Crippen LogP contribution in [-0.4, -0.2) is 45.6 Å². The Morgan fingerprint density at radius 1 is 0.841 bits per heavy atom. The van der Waals surface area contributed by atoms with Gasteiger partial charge in [0.15, 0.2) is 0 Å². The van der Waals surface area contributed by atoms with Gasteiger partial charge in [-0.05, 0) is 120 Å². The summed E-state index contributed by atoms with van der Waals surface area (Å²) in [7, 11) is 0. The van der Waals surface area contributed by atoms with Crippen LogP contribution in [0.2, 0.25) is 0 Å². The van der Waals surface area contributed by atoms with Crippen LogP contribution in [0.5, 0.6) is 0 Å². The Hall–Kier alpha value is -3.41. The van der Waals surface area contributed by atoms with E-state index in [0.29, 0.717) is 12.5 Å². The molecule has 2 N–H and O–H groups in total. The summed E-state index contributed by atoms with van der Waals surface area (Å²) in [5.41, 5.74) is 9.16. The number of rotatable bonds is 7. The van der Waals surface area contributed by atoms with Crippen molar-refractivity contribution in [3.8, 4) is 11.3 Å². The Labute approximate surface area is 264 Å². The number of aryl methyl sites for hydroxylation is 2. The van der Waals surface area contributed by atoms with Crippen molar-refractivity contribution in [1.29, 1.82) is 0 Å². The van der Waals surface area contributed by atoms with Gasteiger partial charge in [0.25, 0.3) is 0 Å². The van der Waals surface area contributed by atoms with Gasteiger partial charge in [0, 0.05) is 34.6 Å². The molecule has 2 saturated heterocycles. The molecule has 0 radical (unpaired) electrons. The summed E-state index contributed by atoms with van der Waals surface area (Å²) in [5.74, 6) is 0.707. The molecule has 5 heteroatoms. The fourth-order valence-corrected chi connectivity index (χ4v) is 8.54. The quantitative estimate of drug-likeness (QED) is 0.232. The molecule has 6 rings (SSSR count). The van der Waals surface area contributed by atoms with Crippen molar-refractivity contribution < 1.29 is 4.79 Å². The van der Waals surface area contributed by atoms with Crippen molar-refractivity contribution in [2.45, 2.75) is 103 Å². The highest BCUT2D eigenvalue weighted by Gasteiger charge is 2.38. The topological polar surface area (TPSA) is 49.3 Å². The maximum Gasteiger partial charge on any atom is 0.240 e. The fourth-order valence-electron chi connectivity index (χ4n) is 8.54. The lowest BCUT2D eigenvalue weighted by Crippen LogP contribution is -2.62. The minimum Gasteiger partial charge on any atom is -0.352 e. The zero-order valence-corrected chi connectivity index (χ0v) is 27.5. The van der Waals surface area contributed by atoms with E-state index in [1.165, 1.54) is 46.2 Å². The van der Waals surface area contributed by atoms with Crippen LogP contribution in [0.4, 0.5) is 0 Å². The summed E-state index contributed by atoms with van der Waals surface area (Å²) >= 11 is 0. The van der Waals surface area contributed by atoms with E-state index in [9.17, 15) is 4.79 Å². The van der Waals surface area contributed by atoms with Gasteiger partial charge in [-0.15, -0.1) is 0 Å². The van der Waals surface area contributed by atoms with E-state index in [4.69, 9.17) is 0 Å². The second-order valence-electron chi connectivity index (χ2n) is 14.7. The van der Waals surface area contributed by atoms with Crippen LogP contribution in [-0.2, 0) is 17.9 Å². The second-order valence-corrected chi connectivity index (χ2v) is 14.7. The van der Waals surface area contributed by atoms with Crippen molar-refractivity contribution in [3.05, 3.63) is 95.1 Å². The average molecular weight is 591 g/mol. The summed E-state index contributed by atoms with van der Waals surface area (Å²) in [6.45, 7) is 16.8. The molecule has 2 aliphatic rings. The summed E-state index contributed by atoms with van der Waals surface area (Å²) in [6, 6.07) is 26.2. The number of hydrogen-bond acceptors (Lipinski definition) is 3. The third kappa shape index (κ3) is 6.50. The van der Waals surface area contributed by atoms with Crippen LogP contribution in [0.25, 0.3) is 22.2 Å². The van der Waals surface area contributed by atoms with Crippen LogP contribution in [0.1, 0.15) is 81.5 Å². The smallest absolute Gasteiger partial charge is 0.240 e. The molecule has 0 atom stereocenters. The molecule has 2 aliphatic heterocycles. The van der Waals surface area contributed by atoms with Crippen LogP contribution >= 0.6 is 0 Å². The maximum absolute atomic E-state index is 13.8. The first-order valence-corrected chi connectivity index (χ1v) is 16.5. The summed E-state index contributed by atoms with van der Waals surface area (Å²) in [6.07, 6.45) is 4.19. The standard InChI is InChI=1S/C39H50N4O/c1-27-13-12-14-28(2)36(27)29-19-21-42(22-20-29)25-33-32-17-10-11-18-34(32)43(37(33)30-15-8-7-9-16-30)26-35(44)40-31-23-38(3,4)41-39(5,6)24-31/h7-18,29,31,41H,19-26H2,1-6H3,(H,40,44). The molecule has 0 bridgehead atoms. The number of para-hydroxylation sites is 1. The van der Waals surface area contributed by atoms with Crippen molar-refractivity contribution in [2.75, 3.05) is 13.1 Å². The van der Waals surface area contributed by atoms with Gasteiger partial charge in [0.1, 0.15) is 6.54 Å². The van der Waals surface area contributed by atoms with E-state index in [1.807, 2.05) is 0 Å². The molecule has 3 heterocycles. The van der Waals surface area contributed by atoms with Crippen LogP contribution in [0.3, 0.4) is 0 Å². The zero-order valence-electron chi connectivity index (χ0n) is 27.5. The maximum atomic E-state index is 13.8. The first kappa shape index (κ1) is 30.6. The number of amides is 1. The van der Waals surface area contributed by atoms with Gasteiger partial charge >= 0.3 is 0 Å². The minimum atomic E-state index is -0.0203. The van der Waals surface area contributed by atoms with E-state index in [1.54, 1.807) is 5.56 Å². The van der Waals surface area contributed by atoms with E-state index >= 15 is 0 Å². The highest BCUT2D eigenvalue weighted by molar-refractivity contribution is 5.93. The predicted molar refractivity (Wildman–Crippen MR) is 183 cm³/mol. The van der Waals surface area contributed by atoms with Crippen molar-refractivity contribution in [3.63, 3.8) is 0 Å². The molecule has 44 heavy (non-hydrogen) atoms. The number of carbonyl (C=O) groups is 1. The fraction of sp³-hybridized carbons (Fsp3) is 0.462. The summed E-state index contributed by atoms with van der Waals surface area (Å²) in [4.78, 5) is 16.4. The minimum absolute atomic E-state index is 0.0203. The number of nitrogens with zero attached hydrogens (tertiary/aromatic N) is 2. The second kappa shape index (κ2) is 12.2. The number of nitrogens with one attached hydrogen (secondary N) is 2. The average Bonchev–Trinajstić information content (AvgIpc) is 3.25. The number of carbonyl (C=O) groups excluding carboxylic acids is 1. The number of likely N-dealkylation sites (tertiary alicyclic amines) is 1. The van der Waals surface area contributed by atoms with Gasteiger partial charge in [-0.2, -0.15) is 0 Å². The number of aromatic nitrogens is 1. The lowest BCUT2D eigenvalue weighted by molar-refractivity contribution is -0.122. The van der Waals surface area contributed by atoms with Crippen LogP contribution in [0, 0.1) is 13.8 Å². The normalized spacial score (nSPS) is 19.3. The van der Waals surface area contributed by atoms with Gasteiger partial charge in [-0.25, -0.2) is 0 Å². The largest absolute Gasteiger partial charge is 0.352 e. The van der Waals surface area contributed by atoms with Gasteiger partial charge in [-0.1, -0.05) is 66.7 Å². The number of fused-ring (bicyclic) bond motifs is 1. The molecule has 1 aromatic heterocycles. The molecule has 2 fully saturated rings. The first-order valence-electron chi connectivity index (χ1n) is 16.5. The third-order valence-electron chi connectivity index (χ3n) is 9.90. The Morgan fingerprint density at radius 3 is 2.11 bits per heavy atom. The molecule has 4 aromatic rings. The Morgan fingerprint density at radius 2 is 1.45 bits per heavy atom. The Balaban J connectivity index is 1.28. The Kier molecular flexibility index (Phi) is 8.47. The van der Waals surface area contributed by atoms with Gasteiger partial charge in [0.05, 0.1) is 5.69 Å². The summed E-state index contributed by atoms with van der Waals surface area (Å²) in [5, 5.41) is 8.42. The highest BCUT2D eigenvalue weighted by Crippen LogP contribution is 2.38. The molecule has 1 amide bonds. The van der Waals surface area contributed by atoms with Crippen LogP contribution in [0.15, 0.2) is 72.8 Å². The number of piperidine rings is 2. The van der Waals surface area contributed by atoms with Crippen molar-refractivity contribution in [1.82, 2.24) is 20.1 Å². The van der Waals surface area contributed by atoms with Gasteiger partial charge in [0.2, 0.25) is 5.91 Å². The van der Waals surface area contributed by atoms with Crippen LogP contribution < -0.4 is 10.6 Å². The third-order valence-corrected chi connectivity index (χ3v) is 9.90. The Bertz CT molecular complexity index is 1590. The molecule has 0 saturated carbocycles. The molecule has 3 aromatic carbocycles. The molecular weight excluding hydrogens is 540 g/mol. The molecule has 0 aliphatic carbocycles.